The van der Waals surface area contributed by atoms with Crippen LogP contribution in [0, 0.1) is 5.92 Å². The first-order chi connectivity index (χ1) is 11.7. The van der Waals surface area contributed by atoms with E-state index in [9.17, 15) is 4.79 Å². The predicted molar refractivity (Wildman–Crippen MR) is 94.3 cm³/mol. The highest BCUT2D eigenvalue weighted by atomic mass is 35.5. The van der Waals surface area contributed by atoms with Crippen LogP contribution in [0.15, 0.2) is 48.5 Å². The normalized spacial score (nSPS) is 22.8. The van der Waals surface area contributed by atoms with Gasteiger partial charge in [0.2, 0.25) is 5.91 Å². The van der Waals surface area contributed by atoms with Crippen molar-refractivity contribution in [2.24, 2.45) is 5.92 Å². The summed E-state index contributed by atoms with van der Waals surface area (Å²) in [4.78, 5) is 15.1. The summed E-state index contributed by atoms with van der Waals surface area (Å²) < 4.78 is 5.81. The Labute approximate surface area is 147 Å². The minimum Gasteiger partial charge on any atom is -0.492 e. The van der Waals surface area contributed by atoms with Gasteiger partial charge in [-0.25, -0.2) is 0 Å². The summed E-state index contributed by atoms with van der Waals surface area (Å²) in [5.41, 5.74) is 2.26. The lowest BCUT2D eigenvalue weighted by Crippen LogP contribution is -2.40. The molecule has 1 amide bonds. The Balaban J connectivity index is 1.53. The molecule has 4 heteroatoms. The molecule has 2 atom stereocenters. The largest absolute Gasteiger partial charge is 0.492 e. The first kappa shape index (κ1) is 15.5. The molecule has 2 aliphatic heterocycles. The standard InChI is InChI=1S/C20H20ClNO2/c21-17-8-9-19-15(12-17)11-16(13-24-19)20(23)22-10-4-7-18(22)14-5-2-1-3-6-14/h1-3,5-6,8-9,12,16,18H,4,7,10-11,13H2/t16-,18+/m1/s1. The van der Waals surface area contributed by atoms with Gasteiger partial charge in [-0.2, -0.15) is 0 Å². The summed E-state index contributed by atoms with van der Waals surface area (Å²) in [6.45, 7) is 1.28. The fourth-order valence-corrected chi connectivity index (χ4v) is 4.00. The molecule has 2 aromatic rings. The molecule has 0 spiro atoms. The molecule has 2 heterocycles. The molecule has 0 unspecified atom stereocenters. The van der Waals surface area contributed by atoms with E-state index in [1.54, 1.807) is 0 Å². The summed E-state index contributed by atoms with van der Waals surface area (Å²) >= 11 is 6.08. The number of nitrogens with zero attached hydrogens (tertiary/aromatic N) is 1. The Morgan fingerprint density at radius 1 is 1.17 bits per heavy atom. The van der Waals surface area contributed by atoms with Gasteiger partial charge in [-0.15, -0.1) is 0 Å². The topological polar surface area (TPSA) is 29.5 Å². The Morgan fingerprint density at radius 2 is 2.00 bits per heavy atom. The van der Waals surface area contributed by atoms with E-state index in [0.29, 0.717) is 18.1 Å². The number of likely N-dealkylation sites (tertiary alicyclic amines) is 1. The van der Waals surface area contributed by atoms with Gasteiger partial charge in [0.25, 0.3) is 0 Å². The zero-order valence-corrected chi connectivity index (χ0v) is 14.2. The van der Waals surface area contributed by atoms with Gasteiger partial charge >= 0.3 is 0 Å². The van der Waals surface area contributed by atoms with E-state index in [1.165, 1.54) is 5.56 Å². The number of carbonyl (C=O) groups excluding carboxylic acids is 1. The molecule has 0 aromatic heterocycles. The van der Waals surface area contributed by atoms with E-state index in [1.807, 2.05) is 41.3 Å². The Kier molecular flexibility index (Phi) is 4.19. The van der Waals surface area contributed by atoms with Crippen molar-refractivity contribution in [3.63, 3.8) is 0 Å². The maximum absolute atomic E-state index is 13.1. The van der Waals surface area contributed by atoms with Gasteiger partial charge in [-0.05, 0) is 48.6 Å². The fraction of sp³-hybridized carbons (Fsp3) is 0.350. The Hall–Kier alpha value is -2.00. The minimum absolute atomic E-state index is 0.125. The molecule has 2 aromatic carbocycles. The third-order valence-corrected chi connectivity index (χ3v) is 5.23. The monoisotopic (exact) mass is 341 g/mol. The lowest BCUT2D eigenvalue weighted by molar-refractivity contribution is -0.137. The van der Waals surface area contributed by atoms with Crippen LogP contribution in [0.5, 0.6) is 5.75 Å². The van der Waals surface area contributed by atoms with E-state index in [-0.39, 0.29) is 17.9 Å². The Morgan fingerprint density at radius 3 is 2.83 bits per heavy atom. The van der Waals surface area contributed by atoms with E-state index in [2.05, 4.69) is 12.1 Å². The molecule has 124 valence electrons. The van der Waals surface area contributed by atoms with Crippen molar-refractivity contribution in [3.05, 3.63) is 64.7 Å². The van der Waals surface area contributed by atoms with Crippen LogP contribution < -0.4 is 4.74 Å². The first-order valence-corrected chi connectivity index (χ1v) is 8.87. The Bertz CT molecular complexity index is 747. The molecule has 3 nitrogen and oxygen atoms in total. The SMILES string of the molecule is O=C([C@H]1COc2ccc(Cl)cc2C1)N1CCC[C@H]1c1ccccc1. The average Bonchev–Trinajstić information content (AvgIpc) is 3.11. The number of hydrogen-bond donors (Lipinski definition) is 0. The van der Waals surface area contributed by atoms with Crippen molar-refractivity contribution in [1.29, 1.82) is 0 Å². The maximum Gasteiger partial charge on any atom is 0.229 e. The van der Waals surface area contributed by atoms with Crippen LogP contribution in [0.25, 0.3) is 0 Å². The summed E-state index contributed by atoms with van der Waals surface area (Å²) in [6, 6.07) is 16.1. The number of ether oxygens (including phenoxy) is 1. The first-order valence-electron chi connectivity index (χ1n) is 8.49. The maximum atomic E-state index is 13.1. The molecule has 0 bridgehead atoms. The van der Waals surface area contributed by atoms with Gasteiger partial charge in [-0.3, -0.25) is 4.79 Å². The average molecular weight is 342 g/mol. The lowest BCUT2D eigenvalue weighted by atomic mass is 9.94. The molecule has 1 fully saturated rings. The van der Waals surface area contributed by atoms with Gasteiger partial charge in [0, 0.05) is 11.6 Å². The molecule has 4 rings (SSSR count). The van der Waals surface area contributed by atoms with E-state index in [4.69, 9.17) is 16.3 Å². The second kappa shape index (κ2) is 6.48. The van der Waals surface area contributed by atoms with Gasteiger partial charge in [-0.1, -0.05) is 41.9 Å². The van der Waals surface area contributed by atoms with Crippen LogP contribution in [-0.4, -0.2) is 24.0 Å². The highest BCUT2D eigenvalue weighted by molar-refractivity contribution is 6.30. The second-order valence-electron chi connectivity index (χ2n) is 6.56. The quantitative estimate of drug-likeness (QED) is 0.817. The van der Waals surface area contributed by atoms with Crippen molar-refractivity contribution < 1.29 is 9.53 Å². The lowest BCUT2D eigenvalue weighted by Gasteiger charge is -2.31. The molecular formula is C20H20ClNO2. The number of carbonyl (C=O) groups is 1. The van der Waals surface area contributed by atoms with Crippen molar-refractivity contribution in [1.82, 2.24) is 4.90 Å². The third-order valence-electron chi connectivity index (χ3n) is 5.00. The molecular weight excluding hydrogens is 322 g/mol. The fourth-order valence-electron chi connectivity index (χ4n) is 3.81. The van der Waals surface area contributed by atoms with Crippen LogP contribution >= 0.6 is 11.6 Å². The number of amides is 1. The smallest absolute Gasteiger partial charge is 0.229 e. The molecule has 1 saturated heterocycles. The van der Waals surface area contributed by atoms with Crippen molar-refractivity contribution in [2.75, 3.05) is 13.2 Å². The van der Waals surface area contributed by atoms with Crippen LogP contribution in [0.1, 0.15) is 30.0 Å². The number of fused-ring (bicyclic) bond motifs is 1. The summed E-state index contributed by atoms with van der Waals surface area (Å²) in [6.07, 6.45) is 2.79. The van der Waals surface area contributed by atoms with Gasteiger partial charge < -0.3 is 9.64 Å². The molecule has 0 radical (unpaired) electrons. The van der Waals surface area contributed by atoms with E-state index in [0.717, 1.165) is 30.7 Å². The minimum atomic E-state index is -0.125. The number of rotatable bonds is 2. The van der Waals surface area contributed by atoms with Crippen LogP contribution in [-0.2, 0) is 11.2 Å². The molecule has 0 N–H and O–H groups in total. The highest BCUT2D eigenvalue weighted by Gasteiger charge is 2.36. The van der Waals surface area contributed by atoms with Crippen LogP contribution in [0.4, 0.5) is 0 Å². The highest BCUT2D eigenvalue weighted by Crippen LogP contribution is 2.36. The van der Waals surface area contributed by atoms with Crippen LogP contribution in [0.3, 0.4) is 0 Å². The zero-order valence-electron chi connectivity index (χ0n) is 13.5. The predicted octanol–water partition coefficient (Wildman–Crippen LogP) is 4.25. The number of halogens is 1. The van der Waals surface area contributed by atoms with Crippen LogP contribution in [0.2, 0.25) is 5.02 Å². The van der Waals surface area contributed by atoms with Crippen molar-refractivity contribution in [3.8, 4) is 5.75 Å². The molecule has 0 saturated carbocycles. The van der Waals surface area contributed by atoms with Crippen molar-refractivity contribution >= 4 is 17.5 Å². The molecule has 24 heavy (non-hydrogen) atoms. The molecule has 2 aliphatic rings. The van der Waals surface area contributed by atoms with Gasteiger partial charge in [0.15, 0.2) is 0 Å². The van der Waals surface area contributed by atoms with E-state index < -0.39 is 0 Å². The summed E-state index contributed by atoms with van der Waals surface area (Å²) in [7, 11) is 0. The third kappa shape index (κ3) is 2.89. The zero-order chi connectivity index (χ0) is 16.5. The van der Waals surface area contributed by atoms with Gasteiger partial charge in [0.05, 0.1) is 12.0 Å². The summed E-state index contributed by atoms with van der Waals surface area (Å²) in [5.74, 6) is 0.928. The van der Waals surface area contributed by atoms with E-state index >= 15 is 0 Å². The number of benzene rings is 2. The second-order valence-corrected chi connectivity index (χ2v) is 7.00. The summed E-state index contributed by atoms with van der Waals surface area (Å²) in [5, 5.41) is 0.689. The number of hydrogen-bond acceptors (Lipinski definition) is 2. The van der Waals surface area contributed by atoms with Gasteiger partial charge in [0.1, 0.15) is 12.4 Å². The molecule has 0 aliphatic carbocycles. The van der Waals surface area contributed by atoms with Crippen molar-refractivity contribution in [2.45, 2.75) is 25.3 Å².